The number of ether oxygens (including phenoxy) is 1. The van der Waals surface area contributed by atoms with E-state index in [9.17, 15) is 13.2 Å². The molecular formula is C12H23F3N2O. The second kappa shape index (κ2) is 7.31. The van der Waals surface area contributed by atoms with Crippen molar-refractivity contribution in [1.29, 1.82) is 0 Å². The number of likely N-dealkylation sites (tertiary alicyclic amines) is 1. The first kappa shape index (κ1) is 15.7. The molecule has 1 rings (SSSR count). The summed E-state index contributed by atoms with van der Waals surface area (Å²) < 4.78 is 41.9. The van der Waals surface area contributed by atoms with Crippen LogP contribution in [0.1, 0.15) is 20.3 Å². The average Bonchev–Trinajstić information content (AvgIpc) is 2.68. The van der Waals surface area contributed by atoms with Gasteiger partial charge in [0.2, 0.25) is 0 Å². The van der Waals surface area contributed by atoms with E-state index in [0.717, 1.165) is 13.0 Å². The second-order valence-corrected chi connectivity index (χ2v) is 4.97. The lowest BCUT2D eigenvalue weighted by Crippen LogP contribution is -2.36. The Morgan fingerprint density at radius 1 is 1.44 bits per heavy atom. The van der Waals surface area contributed by atoms with E-state index in [4.69, 9.17) is 4.74 Å². The predicted octanol–water partition coefficient (Wildman–Crippen LogP) is 1.89. The summed E-state index contributed by atoms with van der Waals surface area (Å²) >= 11 is 0. The first-order chi connectivity index (χ1) is 8.40. The van der Waals surface area contributed by atoms with Gasteiger partial charge in [0.15, 0.2) is 0 Å². The van der Waals surface area contributed by atoms with E-state index in [0.29, 0.717) is 32.2 Å². The maximum Gasteiger partial charge on any atom is 0.401 e. The number of nitrogens with one attached hydrogen (secondary N) is 1. The van der Waals surface area contributed by atoms with Crippen LogP contribution >= 0.6 is 0 Å². The van der Waals surface area contributed by atoms with E-state index in [-0.39, 0.29) is 6.04 Å². The molecule has 0 aromatic rings. The van der Waals surface area contributed by atoms with Gasteiger partial charge in [0.25, 0.3) is 0 Å². The minimum atomic E-state index is -4.08. The van der Waals surface area contributed by atoms with Gasteiger partial charge in [-0.15, -0.1) is 0 Å². The minimum Gasteiger partial charge on any atom is -0.380 e. The molecule has 0 saturated carbocycles. The Kier molecular flexibility index (Phi) is 6.38. The molecule has 3 nitrogen and oxygen atoms in total. The minimum absolute atomic E-state index is 0.251. The molecule has 1 aliphatic rings. The fraction of sp³-hybridized carbons (Fsp3) is 1.00. The lowest BCUT2D eigenvalue weighted by atomic mass is 10.1. The highest BCUT2D eigenvalue weighted by Crippen LogP contribution is 2.22. The molecule has 0 aromatic heterocycles. The topological polar surface area (TPSA) is 24.5 Å². The number of rotatable bonds is 7. The largest absolute Gasteiger partial charge is 0.401 e. The molecule has 0 spiro atoms. The van der Waals surface area contributed by atoms with Gasteiger partial charge in [-0.1, -0.05) is 0 Å². The Morgan fingerprint density at radius 2 is 2.17 bits per heavy atom. The van der Waals surface area contributed by atoms with Crippen LogP contribution < -0.4 is 5.32 Å². The van der Waals surface area contributed by atoms with Crippen LogP contribution in [-0.4, -0.2) is 56.5 Å². The Labute approximate surface area is 107 Å². The number of halogens is 3. The monoisotopic (exact) mass is 268 g/mol. The molecule has 1 aliphatic heterocycles. The van der Waals surface area contributed by atoms with E-state index in [1.54, 1.807) is 0 Å². The SMILES string of the molecule is CCOCC(C)NCC1CCN(CC(F)(F)F)C1. The van der Waals surface area contributed by atoms with Crippen LogP contribution in [0.3, 0.4) is 0 Å². The smallest absolute Gasteiger partial charge is 0.380 e. The highest BCUT2D eigenvalue weighted by molar-refractivity contribution is 4.79. The molecule has 1 saturated heterocycles. The lowest BCUT2D eigenvalue weighted by molar-refractivity contribution is -0.143. The van der Waals surface area contributed by atoms with Crippen LogP contribution in [0, 0.1) is 5.92 Å². The van der Waals surface area contributed by atoms with Crippen LogP contribution in [0.25, 0.3) is 0 Å². The van der Waals surface area contributed by atoms with E-state index in [1.165, 1.54) is 4.90 Å². The van der Waals surface area contributed by atoms with Gasteiger partial charge in [0, 0.05) is 19.2 Å². The molecular weight excluding hydrogens is 245 g/mol. The van der Waals surface area contributed by atoms with Gasteiger partial charge in [0.1, 0.15) is 0 Å². The van der Waals surface area contributed by atoms with Gasteiger partial charge in [-0.05, 0) is 39.3 Å². The van der Waals surface area contributed by atoms with Crippen LogP contribution in [0.4, 0.5) is 13.2 Å². The number of nitrogens with zero attached hydrogens (tertiary/aromatic N) is 1. The third-order valence-electron chi connectivity index (χ3n) is 3.10. The van der Waals surface area contributed by atoms with Crippen molar-refractivity contribution in [3.05, 3.63) is 0 Å². The Hall–Kier alpha value is -0.330. The maximum atomic E-state index is 12.2. The summed E-state index contributed by atoms with van der Waals surface area (Å²) in [4.78, 5) is 1.49. The fourth-order valence-electron chi connectivity index (χ4n) is 2.20. The molecule has 1 heterocycles. The predicted molar refractivity (Wildman–Crippen MR) is 64.6 cm³/mol. The maximum absolute atomic E-state index is 12.2. The van der Waals surface area contributed by atoms with Crippen LogP contribution in [0.2, 0.25) is 0 Å². The summed E-state index contributed by atoms with van der Waals surface area (Å²) in [7, 11) is 0. The van der Waals surface area contributed by atoms with E-state index in [1.807, 2.05) is 13.8 Å². The molecule has 0 radical (unpaired) electrons. The van der Waals surface area contributed by atoms with Crippen molar-refractivity contribution in [3.8, 4) is 0 Å². The van der Waals surface area contributed by atoms with Crippen LogP contribution in [0.15, 0.2) is 0 Å². The molecule has 6 heteroatoms. The summed E-state index contributed by atoms with van der Waals surface area (Å²) in [6, 6.07) is 0.251. The van der Waals surface area contributed by atoms with Crippen molar-refractivity contribution in [2.45, 2.75) is 32.5 Å². The summed E-state index contributed by atoms with van der Waals surface area (Å²) in [6.07, 6.45) is -3.24. The molecule has 2 atom stereocenters. The first-order valence-electron chi connectivity index (χ1n) is 6.51. The fourth-order valence-corrected chi connectivity index (χ4v) is 2.20. The van der Waals surface area contributed by atoms with Crippen molar-refractivity contribution in [2.75, 3.05) is 39.4 Å². The summed E-state index contributed by atoms with van der Waals surface area (Å²) in [6.45, 7) is 6.38. The number of hydrogen-bond donors (Lipinski definition) is 1. The Bertz CT molecular complexity index is 236. The van der Waals surface area contributed by atoms with E-state index >= 15 is 0 Å². The average molecular weight is 268 g/mol. The van der Waals surface area contributed by atoms with Crippen LogP contribution in [0.5, 0.6) is 0 Å². The van der Waals surface area contributed by atoms with Crippen molar-refractivity contribution in [3.63, 3.8) is 0 Å². The van der Waals surface area contributed by atoms with Gasteiger partial charge < -0.3 is 10.1 Å². The normalized spacial score (nSPS) is 23.5. The molecule has 0 bridgehead atoms. The second-order valence-electron chi connectivity index (χ2n) is 4.97. The molecule has 0 aliphatic carbocycles. The zero-order valence-electron chi connectivity index (χ0n) is 11.1. The quantitative estimate of drug-likeness (QED) is 0.763. The summed E-state index contributed by atoms with van der Waals surface area (Å²) in [5.74, 6) is 0.316. The van der Waals surface area contributed by atoms with Gasteiger partial charge >= 0.3 is 6.18 Å². The molecule has 108 valence electrons. The molecule has 1 fully saturated rings. The Balaban J connectivity index is 2.14. The summed E-state index contributed by atoms with van der Waals surface area (Å²) in [5.41, 5.74) is 0. The lowest BCUT2D eigenvalue weighted by Gasteiger charge is -2.19. The third-order valence-corrected chi connectivity index (χ3v) is 3.10. The Morgan fingerprint density at radius 3 is 2.78 bits per heavy atom. The van der Waals surface area contributed by atoms with Gasteiger partial charge in [-0.3, -0.25) is 4.90 Å². The molecule has 1 N–H and O–H groups in total. The van der Waals surface area contributed by atoms with Crippen molar-refractivity contribution < 1.29 is 17.9 Å². The highest BCUT2D eigenvalue weighted by atomic mass is 19.4. The van der Waals surface area contributed by atoms with E-state index < -0.39 is 12.7 Å². The number of alkyl halides is 3. The standard InChI is InChI=1S/C12H23F3N2O/c1-3-18-8-10(2)16-6-11-4-5-17(7-11)9-12(13,14)15/h10-11,16H,3-9H2,1-2H3. The molecule has 2 unspecified atom stereocenters. The number of hydrogen-bond acceptors (Lipinski definition) is 3. The van der Waals surface area contributed by atoms with Gasteiger partial charge in [-0.2, -0.15) is 13.2 Å². The van der Waals surface area contributed by atoms with E-state index in [2.05, 4.69) is 5.32 Å². The zero-order valence-corrected chi connectivity index (χ0v) is 11.1. The first-order valence-corrected chi connectivity index (χ1v) is 6.51. The highest BCUT2D eigenvalue weighted by Gasteiger charge is 2.34. The summed E-state index contributed by atoms with van der Waals surface area (Å²) in [5, 5.41) is 3.31. The third kappa shape index (κ3) is 6.56. The van der Waals surface area contributed by atoms with Gasteiger partial charge in [-0.25, -0.2) is 0 Å². The van der Waals surface area contributed by atoms with Crippen LogP contribution in [-0.2, 0) is 4.74 Å². The molecule has 18 heavy (non-hydrogen) atoms. The van der Waals surface area contributed by atoms with Crippen molar-refractivity contribution in [2.24, 2.45) is 5.92 Å². The zero-order chi connectivity index (χ0) is 13.6. The molecule has 0 amide bonds. The van der Waals surface area contributed by atoms with Crippen molar-refractivity contribution >= 4 is 0 Å². The van der Waals surface area contributed by atoms with Crippen molar-refractivity contribution in [1.82, 2.24) is 10.2 Å². The molecule has 0 aromatic carbocycles. The van der Waals surface area contributed by atoms with Gasteiger partial charge in [0.05, 0.1) is 13.2 Å².